The van der Waals surface area contributed by atoms with Crippen molar-refractivity contribution in [2.24, 2.45) is 0 Å². The normalized spacial score (nSPS) is 16.3. The highest BCUT2D eigenvalue weighted by Gasteiger charge is 2.14. The van der Waals surface area contributed by atoms with E-state index in [2.05, 4.69) is 4.74 Å². The quantitative estimate of drug-likeness (QED) is 0.488. The van der Waals surface area contributed by atoms with Crippen molar-refractivity contribution in [2.75, 3.05) is 20.3 Å². The summed E-state index contributed by atoms with van der Waals surface area (Å²) in [4.78, 5) is 10.7. The number of carbonyl (C=O) groups is 1. The van der Waals surface area contributed by atoms with Gasteiger partial charge in [0.2, 0.25) is 5.76 Å². The number of hydrogen-bond acceptors (Lipinski definition) is 4. The Kier molecular flexibility index (Phi) is 2.15. The monoisotopic (exact) mass is 144 g/mol. The molecule has 0 radical (unpaired) electrons. The first kappa shape index (κ1) is 6.92. The van der Waals surface area contributed by atoms with E-state index in [0.717, 1.165) is 0 Å². The van der Waals surface area contributed by atoms with Gasteiger partial charge in [0, 0.05) is 0 Å². The molecule has 0 unspecified atom stereocenters. The van der Waals surface area contributed by atoms with Gasteiger partial charge in [0.15, 0.2) is 0 Å². The first-order chi connectivity index (χ1) is 4.84. The van der Waals surface area contributed by atoms with Crippen molar-refractivity contribution in [1.29, 1.82) is 0 Å². The van der Waals surface area contributed by atoms with Crippen LogP contribution in [0.3, 0.4) is 0 Å². The average Bonchev–Trinajstić information content (AvgIpc) is 2.05. The van der Waals surface area contributed by atoms with Gasteiger partial charge in [-0.2, -0.15) is 0 Å². The molecule has 0 aromatic rings. The smallest absolute Gasteiger partial charge is 0.376 e. The molecule has 10 heavy (non-hydrogen) atoms. The molecule has 0 aromatic carbocycles. The maximum Gasteiger partial charge on any atom is 0.376 e. The van der Waals surface area contributed by atoms with Gasteiger partial charge in [0.05, 0.1) is 7.11 Å². The Morgan fingerprint density at radius 2 is 2.50 bits per heavy atom. The van der Waals surface area contributed by atoms with E-state index in [4.69, 9.17) is 9.47 Å². The van der Waals surface area contributed by atoms with Crippen molar-refractivity contribution in [2.45, 2.75) is 0 Å². The van der Waals surface area contributed by atoms with Crippen LogP contribution in [0.1, 0.15) is 0 Å². The van der Waals surface area contributed by atoms with Gasteiger partial charge in [-0.25, -0.2) is 4.79 Å². The highest BCUT2D eigenvalue weighted by Crippen LogP contribution is 2.04. The molecule has 0 atom stereocenters. The van der Waals surface area contributed by atoms with Gasteiger partial charge in [-0.05, 0) is 0 Å². The maximum atomic E-state index is 10.7. The van der Waals surface area contributed by atoms with Gasteiger partial charge in [-0.3, -0.25) is 0 Å². The van der Waals surface area contributed by atoms with Crippen LogP contribution in [0.25, 0.3) is 0 Å². The van der Waals surface area contributed by atoms with Gasteiger partial charge in [0.1, 0.15) is 19.5 Å². The van der Waals surface area contributed by atoms with Gasteiger partial charge in [-0.1, -0.05) is 0 Å². The Morgan fingerprint density at radius 3 is 3.00 bits per heavy atom. The first-order valence-corrected chi connectivity index (χ1v) is 2.87. The number of rotatable bonds is 1. The molecule has 1 aliphatic heterocycles. The second kappa shape index (κ2) is 3.10. The molecule has 0 N–H and O–H groups in total. The van der Waals surface area contributed by atoms with Crippen LogP contribution in [0.2, 0.25) is 0 Å². The van der Waals surface area contributed by atoms with Crippen molar-refractivity contribution in [3.8, 4) is 0 Å². The van der Waals surface area contributed by atoms with Crippen LogP contribution in [0.4, 0.5) is 0 Å². The maximum absolute atomic E-state index is 10.7. The second-order valence-electron chi connectivity index (χ2n) is 1.69. The molecule has 56 valence electrons. The van der Waals surface area contributed by atoms with Crippen LogP contribution in [-0.2, 0) is 19.0 Å². The zero-order valence-corrected chi connectivity index (χ0v) is 5.62. The lowest BCUT2D eigenvalue weighted by Crippen LogP contribution is -2.15. The molecule has 0 spiro atoms. The molecule has 0 amide bonds. The zero-order valence-electron chi connectivity index (χ0n) is 5.62. The zero-order chi connectivity index (χ0) is 7.40. The van der Waals surface area contributed by atoms with Crippen molar-refractivity contribution >= 4 is 5.97 Å². The van der Waals surface area contributed by atoms with Crippen LogP contribution in [0.15, 0.2) is 12.0 Å². The number of carbonyl (C=O) groups excluding carboxylic acids is 1. The highest BCUT2D eigenvalue weighted by atomic mass is 16.6. The van der Waals surface area contributed by atoms with Crippen LogP contribution < -0.4 is 0 Å². The second-order valence-corrected chi connectivity index (χ2v) is 1.69. The van der Waals surface area contributed by atoms with E-state index in [1.165, 1.54) is 13.4 Å². The van der Waals surface area contributed by atoms with E-state index in [-0.39, 0.29) is 5.76 Å². The molecular weight excluding hydrogens is 136 g/mol. The lowest BCUT2D eigenvalue weighted by atomic mass is 10.5. The molecule has 1 aliphatic rings. The molecule has 0 saturated heterocycles. The van der Waals surface area contributed by atoms with Crippen molar-refractivity contribution in [3.05, 3.63) is 12.0 Å². The van der Waals surface area contributed by atoms with E-state index in [1.807, 2.05) is 0 Å². The van der Waals surface area contributed by atoms with Crippen LogP contribution in [0, 0.1) is 0 Å². The molecule has 0 aromatic heterocycles. The lowest BCUT2D eigenvalue weighted by molar-refractivity contribution is -0.141. The van der Waals surface area contributed by atoms with Crippen molar-refractivity contribution in [1.82, 2.24) is 0 Å². The van der Waals surface area contributed by atoms with Gasteiger partial charge >= 0.3 is 5.97 Å². The van der Waals surface area contributed by atoms with Crippen LogP contribution >= 0.6 is 0 Å². The number of hydrogen-bond donors (Lipinski definition) is 0. The summed E-state index contributed by atoms with van der Waals surface area (Å²) >= 11 is 0. The summed E-state index contributed by atoms with van der Waals surface area (Å²) < 4.78 is 14.1. The summed E-state index contributed by atoms with van der Waals surface area (Å²) in [5, 5.41) is 0. The van der Waals surface area contributed by atoms with Crippen molar-refractivity contribution < 1.29 is 19.0 Å². The van der Waals surface area contributed by atoms with E-state index in [9.17, 15) is 4.79 Å². The first-order valence-electron chi connectivity index (χ1n) is 2.87. The molecule has 1 rings (SSSR count). The fourth-order valence-electron chi connectivity index (χ4n) is 0.576. The van der Waals surface area contributed by atoms with E-state index >= 15 is 0 Å². The minimum atomic E-state index is -0.500. The van der Waals surface area contributed by atoms with E-state index in [0.29, 0.717) is 13.2 Å². The SMILES string of the molecule is COC(=O)C1=COCCO1. The predicted molar refractivity (Wildman–Crippen MR) is 32.0 cm³/mol. The number of esters is 1. The van der Waals surface area contributed by atoms with Gasteiger partial charge in [0.25, 0.3) is 0 Å². The molecule has 0 saturated carbocycles. The summed E-state index contributed by atoms with van der Waals surface area (Å²) in [5.41, 5.74) is 0. The Hall–Kier alpha value is -1.19. The standard InChI is InChI=1S/C6H8O4/c1-8-6(7)5-4-9-2-3-10-5/h4H,2-3H2,1H3. The fraction of sp³-hybridized carbons (Fsp3) is 0.500. The minimum Gasteiger partial charge on any atom is -0.493 e. The predicted octanol–water partition coefficient (Wildman–Crippen LogP) is 0.0476. The molecule has 0 bridgehead atoms. The van der Waals surface area contributed by atoms with Gasteiger partial charge in [-0.15, -0.1) is 0 Å². The fourth-order valence-corrected chi connectivity index (χ4v) is 0.576. The topological polar surface area (TPSA) is 44.8 Å². The highest BCUT2D eigenvalue weighted by molar-refractivity contribution is 5.85. The Labute approximate surface area is 58.4 Å². The van der Waals surface area contributed by atoms with E-state index < -0.39 is 5.97 Å². The summed E-state index contributed by atoms with van der Waals surface area (Å²) in [7, 11) is 1.29. The Morgan fingerprint density at radius 1 is 1.70 bits per heavy atom. The van der Waals surface area contributed by atoms with Crippen LogP contribution in [-0.4, -0.2) is 26.3 Å². The van der Waals surface area contributed by atoms with Crippen molar-refractivity contribution in [3.63, 3.8) is 0 Å². The average molecular weight is 144 g/mol. The molecule has 1 heterocycles. The Balaban J connectivity index is 2.53. The summed E-state index contributed by atoms with van der Waals surface area (Å²) in [6, 6.07) is 0. The third-order valence-corrected chi connectivity index (χ3v) is 1.04. The largest absolute Gasteiger partial charge is 0.493 e. The lowest BCUT2D eigenvalue weighted by Gasteiger charge is -2.12. The molecule has 4 nitrogen and oxygen atoms in total. The molecular formula is C6H8O4. The molecule has 0 fully saturated rings. The molecule has 0 aliphatic carbocycles. The van der Waals surface area contributed by atoms with Gasteiger partial charge < -0.3 is 14.2 Å². The Bertz CT molecular complexity index is 161. The summed E-state index contributed by atoms with van der Waals surface area (Å²) in [5.74, 6) is -0.367. The van der Waals surface area contributed by atoms with E-state index in [1.54, 1.807) is 0 Å². The molecule has 4 heteroatoms. The third kappa shape index (κ3) is 1.40. The number of ether oxygens (including phenoxy) is 3. The van der Waals surface area contributed by atoms with Crippen LogP contribution in [0.5, 0.6) is 0 Å². The summed E-state index contributed by atoms with van der Waals surface area (Å²) in [6.07, 6.45) is 1.26. The minimum absolute atomic E-state index is 0.133. The number of methoxy groups -OCH3 is 1. The third-order valence-electron chi connectivity index (χ3n) is 1.04. The summed E-state index contributed by atoms with van der Waals surface area (Å²) in [6.45, 7) is 0.890.